The predicted molar refractivity (Wildman–Crippen MR) is 130 cm³/mol. The van der Waals surface area contributed by atoms with Gasteiger partial charge in [0.05, 0.1) is 16.5 Å². The van der Waals surface area contributed by atoms with E-state index in [0.717, 1.165) is 39.9 Å². The van der Waals surface area contributed by atoms with E-state index in [2.05, 4.69) is 0 Å². The van der Waals surface area contributed by atoms with Gasteiger partial charge in [0.1, 0.15) is 11.6 Å². The van der Waals surface area contributed by atoms with Gasteiger partial charge in [0, 0.05) is 17.3 Å². The molecular weight excluding hydrogens is 467 g/mol. The number of fused-ring (bicyclic) bond motifs is 1. The number of rotatable bonds is 4. The number of nitro groups is 1. The Morgan fingerprint density at radius 3 is 2.31 bits per heavy atom. The molecule has 1 atom stereocenters. The lowest BCUT2D eigenvalue weighted by atomic mass is 9.94. The van der Waals surface area contributed by atoms with Gasteiger partial charge in [0.2, 0.25) is 0 Å². The standard InChI is InChI=1S/C27H17FN2O6/c28-19-8-10-20(11-9-19)29-24(17-7-12-22(31)21(14-17)30(35)36)23(26(33)27(29)34)25(32)18-6-5-15-3-1-2-4-16(15)13-18/h1-14,24,31-32H/b25-23+. The van der Waals surface area contributed by atoms with E-state index >= 15 is 0 Å². The summed E-state index contributed by atoms with van der Waals surface area (Å²) in [6.45, 7) is 0. The topological polar surface area (TPSA) is 121 Å². The van der Waals surface area contributed by atoms with Gasteiger partial charge in [-0.3, -0.25) is 24.6 Å². The average molecular weight is 484 g/mol. The lowest BCUT2D eigenvalue weighted by Gasteiger charge is -2.25. The highest BCUT2D eigenvalue weighted by Gasteiger charge is 2.47. The van der Waals surface area contributed by atoms with Crippen molar-refractivity contribution in [3.05, 3.63) is 118 Å². The number of nitro benzene ring substituents is 1. The van der Waals surface area contributed by atoms with Crippen LogP contribution in [0.2, 0.25) is 0 Å². The summed E-state index contributed by atoms with van der Waals surface area (Å²) in [5.74, 6) is -3.64. The molecule has 1 aliphatic rings. The van der Waals surface area contributed by atoms with E-state index in [9.17, 15) is 34.3 Å². The third-order valence-corrected chi connectivity index (χ3v) is 6.08. The molecule has 1 unspecified atom stereocenters. The predicted octanol–water partition coefficient (Wildman–Crippen LogP) is 5.22. The summed E-state index contributed by atoms with van der Waals surface area (Å²) in [5, 5.41) is 34.3. The van der Waals surface area contributed by atoms with E-state index in [1.54, 1.807) is 18.2 Å². The highest BCUT2D eigenvalue weighted by atomic mass is 19.1. The Morgan fingerprint density at radius 1 is 0.917 bits per heavy atom. The second-order valence-electron chi connectivity index (χ2n) is 8.21. The number of ketones is 1. The first-order valence-corrected chi connectivity index (χ1v) is 10.8. The van der Waals surface area contributed by atoms with Gasteiger partial charge in [-0.05, 0) is 52.7 Å². The Balaban J connectivity index is 1.76. The van der Waals surface area contributed by atoms with Crippen LogP contribution < -0.4 is 4.90 Å². The van der Waals surface area contributed by atoms with Crippen molar-refractivity contribution in [2.75, 3.05) is 4.90 Å². The molecule has 8 nitrogen and oxygen atoms in total. The summed E-state index contributed by atoms with van der Waals surface area (Å²) in [4.78, 5) is 38.1. The van der Waals surface area contributed by atoms with Crippen molar-refractivity contribution in [2.24, 2.45) is 0 Å². The molecule has 178 valence electrons. The third-order valence-electron chi connectivity index (χ3n) is 6.08. The molecule has 0 spiro atoms. The maximum atomic E-state index is 13.6. The van der Waals surface area contributed by atoms with Crippen LogP contribution in [0.25, 0.3) is 16.5 Å². The van der Waals surface area contributed by atoms with Gasteiger partial charge in [-0.2, -0.15) is 0 Å². The number of aliphatic hydroxyl groups excluding tert-OH is 1. The normalized spacial score (nSPS) is 17.0. The number of phenolic OH excluding ortho intramolecular Hbond substituents is 1. The van der Waals surface area contributed by atoms with Crippen molar-refractivity contribution in [1.82, 2.24) is 0 Å². The highest BCUT2D eigenvalue weighted by Crippen LogP contribution is 2.44. The highest BCUT2D eigenvalue weighted by molar-refractivity contribution is 6.51. The van der Waals surface area contributed by atoms with E-state index in [4.69, 9.17) is 0 Å². The molecule has 1 saturated heterocycles. The Hall–Kier alpha value is -5.05. The number of carbonyl (C=O) groups excluding carboxylic acids is 2. The number of aromatic hydroxyl groups is 1. The zero-order valence-electron chi connectivity index (χ0n) is 18.5. The van der Waals surface area contributed by atoms with E-state index < -0.39 is 45.7 Å². The average Bonchev–Trinajstić information content (AvgIpc) is 3.14. The van der Waals surface area contributed by atoms with Gasteiger partial charge in [0.25, 0.3) is 11.7 Å². The first kappa shape index (κ1) is 22.7. The second kappa shape index (κ2) is 8.62. The minimum absolute atomic E-state index is 0.102. The number of carbonyl (C=O) groups is 2. The van der Waals surface area contributed by atoms with Gasteiger partial charge >= 0.3 is 5.69 Å². The van der Waals surface area contributed by atoms with Crippen molar-refractivity contribution in [3.8, 4) is 5.75 Å². The Morgan fingerprint density at radius 2 is 1.61 bits per heavy atom. The smallest absolute Gasteiger partial charge is 0.311 e. The molecule has 4 aromatic carbocycles. The van der Waals surface area contributed by atoms with Crippen molar-refractivity contribution >= 4 is 39.6 Å². The van der Waals surface area contributed by atoms with Crippen LogP contribution in [-0.4, -0.2) is 26.8 Å². The number of nitrogens with zero attached hydrogens (tertiary/aromatic N) is 2. The zero-order chi connectivity index (χ0) is 25.6. The SMILES string of the molecule is O=C1C(=O)N(c2ccc(F)cc2)C(c2ccc(O)c([N+](=O)[O-])c2)/C1=C(\O)c1ccc2ccccc2c1. The number of Topliss-reactive ketones (excluding diaryl/α,β-unsaturated/α-hetero) is 1. The number of aliphatic hydroxyl groups is 1. The van der Waals surface area contributed by atoms with Crippen molar-refractivity contribution < 1.29 is 29.1 Å². The maximum Gasteiger partial charge on any atom is 0.311 e. The minimum atomic E-state index is -1.28. The Labute approximate surface area is 203 Å². The monoisotopic (exact) mass is 484 g/mol. The molecule has 0 bridgehead atoms. The molecule has 4 aromatic rings. The minimum Gasteiger partial charge on any atom is -0.507 e. The van der Waals surface area contributed by atoms with Gasteiger partial charge in [-0.1, -0.05) is 42.5 Å². The molecule has 0 saturated carbocycles. The molecule has 1 aliphatic heterocycles. The lowest BCUT2D eigenvalue weighted by Crippen LogP contribution is -2.29. The van der Waals surface area contributed by atoms with Crippen molar-refractivity contribution in [2.45, 2.75) is 6.04 Å². The van der Waals surface area contributed by atoms with E-state index in [0.29, 0.717) is 0 Å². The van der Waals surface area contributed by atoms with Crippen LogP contribution in [0.3, 0.4) is 0 Å². The van der Waals surface area contributed by atoms with Crippen molar-refractivity contribution in [3.63, 3.8) is 0 Å². The number of hydrogen-bond acceptors (Lipinski definition) is 6. The number of phenols is 1. The molecule has 9 heteroatoms. The van der Waals surface area contributed by atoms with Gasteiger partial charge in [0.15, 0.2) is 5.75 Å². The fourth-order valence-electron chi connectivity index (χ4n) is 4.36. The van der Waals surface area contributed by atoms with Crippen LogP contribution in [0.15, 0.2) is 90.5 Å². The summed E-state index contributed by atoms with van der Waals surface area (Å²) >= 11 is 0. The number of anilines is 1. The van der Waals surface area contributed by atoms with Gasteiger partial charge in [-0.15, -0.1) is 0 Å². The van der Waals surface area contributed by atoms with Gasteiger partial charge < -0.3 is 10.2 Å². The summed E-state index contributed by atoms with van der Waals surface area (Å²) in [5.41, 5.74) is -0.409. The largest absolute Gasteiger partial charge is 0.507 e. The summed E-state index contributed by atoms with van der Waals surface area (Å²) in [6, 6.07) is 19.3. The van der Waals surface area contributed by atoms with Gasteiger partial charge in [-0.25, -0.2) is 4.39 Å². The summed E-state index contributed by atoms with van der Waals surface area (Å²) < 4.78 is 13.6. The molecule has 2 N–H and O–H groups in total. The van der Waals surface area contributed by atoms with Crippen LogP contribution in [0.1, 0.15) is 17.2 Å². The molecule has 1 amide bonds. The van der Waals surface area contributed by atoms with E-state index in [1.807, 2.05) is 24.3 Å². The lowest BCUT2D eigenvalue weighted by molar-refractivity contribution is -0.385. The van der Waals surface area contributed by atoms with Crippen LogP contribution in [-0.2, 0) is 9.59 Å². The zero-order valence-corrected chi connectivity index (χ0v) is 18.5. The number of amides is 1. The second-order valence-corrected chi connectivity index (χ2v) is 8.21. The molecular formula is C27H17FN2O6. The Bertz CT molecular complexity index is 1600. The Kier molecular flexibility index (Phi) is 5.44. The molecule has 1 fully saturated rings. The molecule has 36 heavy (non-hydrogen) atoms. The quantitative estimate of drug-likeness (QED) is 0.135. The fourth-order valence-corrected chi connectivity index (χ4v) is 4.36. The summed E-state index contributed by atoms with van der Waals surface area (Å²) in [6.07, 6.45) is 0. The molecule has 0 radical (unpaired) electrons. The molecule has 1 heterocycles. The van der Waals surface area contributed by atoms with E-state index in [1.165, 1.54) is 18.2 Å². The fraction of sp³-hybridized carbons (Fsp3) is 0.0370. The number of hydrogen-bond donors (Lipinski definition) is 2. The van der Waals surface area contributed by atoms with Crippen LogP contribution in [0.4, 0.5) is 15.8 Å². The van der Waals surface area contributed by atoms with Crippen LogP contribution >= 0.6 is 0 Å². The van der Waals surface area contributed by atoms with E-state index in [-0.39, 0.29) is 22.4 Å². The van der Waals surface area contributed by atoms with Crippen LogP contribution in [0.5, 0.6) is 5.75 Å². The first-order valence-electron chi connectivity index (χ1n) is 10.8. The maximum absolute atomic E-state index is 13.6. The first-order chi connectivity index (χ1) is 17.3. The molecule has 0 aromatic heterocycles. The number of benzene rings is 4. The van der Waals surface area contributed by atoms with Crippen molar-refractivity contribution in [1.29, 1.82) is 0 Å². The van der Waals surface area contributed by atoms with Crippen LogP contribution in [0, 0.1) is 15.9 Å². The summed E-state index contributed by atoms with van der Waals surface area (Å²) in [7, 11) is 0. The molecule has 0 aliphatic carbocycles. The number of halogens is 1. The third kappa shape index (κ3) is 3.72. The molecule has 5 rings (SSSR count).